The molecule has 8 heteroatoms. The summed E-state index contributed by atoms with van der Waals surface area (Å²) < 4.78 is 6.97. The molecule has 0 saturated heterocycles. The molecule has 138 valence electrons. The summed E-state index contributed by atoms with van der Waals surface area (Å²) in [4.78, 5) is 23.6. The van der Waals surface area contributed by atoms with Crippen LogP contribution in [0.15, 0.2) is 36.7 Å². The summed E-state index contributed by atoms with van der Waals surface area (Å²) in [6.45, 7) is 4.39. The van der Waals surface area contributed by atoms with Crippen molar-refractivity contribution in [2.45, 2.75) is 19.9 Å². The zero-order valence-corrected chi connectivity index (χ0v) is 15.9. The van der Waals surface area contributed by atoms with Crippen LogP contribution in [0.2, 0.25) is 5.02 Å². The maximum absolute atomic E-state index is 13.3. The molecule has 0 aromatic carbocycles. The lowest BCUT2D eigenvalue weighted by Crippen LogP contribution is -2.43. The van der Waals surface area contributed by atoms with E-state index in [0.29, 0.717) is 29.0 Å². The summed E-state index contributed by atoms with van der Waals surface area (Å²) >= 11 is 6.07. The van der Waals surface area contributed by atoms with Crippen molar-refractivity contribution in [3.8, 4) is 17.0 Å². The molecule has 1 aliphatic heterocycles. The Bertz CT molecular complexity index is 1030. The van der Waals surface area contributed by atoms with Gasteiger partial charge in [-0.1, -0.05) is 11.6 Å². The summed E-state index contributed by atoms with van der Waals surface area (Å²) in [5.74, 6) is 0.628. The van der Waals surface area contributed by atoms with Crippen LogP contribution in [-0.4, -0.2) is 39.3 Å². The van der Waals surface area contributed by atoms with E-state index in [0.717, 1.165) is 16.8 Å². The molecule has 4 rings (SSSR count). The number of aryl methyl sites for hydroxylation is 1. The molecule has 0 N–H and O–H groups in total. The number of carbonyl (C=O) groups is 1. The van der Waals surface area contributed by atoms with E-state index >= 15 is 0 Å². The van der Waals surface area contributed by atoms with Gasteiger partial charge in [0.25, 0.3) is 5.91 Å². The summed E-state index contributed by atoms with van der Waals surface area (Å²) in [5.41, 5.74) is 3.11. The van der Waals surface area contributed by atoms with Crippen molar-refractivity contribution in [1.29, 1.82) is 0 Å². The predicted octanol–water partition coefficient (Wildman–Crippen LogP) is 3.53. The molecule has 0 saturated carbocycles. The molecule has 4 heterocycles. The third-order valence-corrected chi connectivity index (χ3v) is 4.87. The number of nitrogens with zero attached hydrogens (tertiary/aromatic N) is 5. The minimum atomic E-state index is -0.160. The topological polar surface area (TPSA) is 73.1 Å². The monoisotopic (exact) mass is 383 g/mol. The quantitative estimate of drug-likeness (QED) is 0.691. The molecule has 3 aromatic heterocycles. The first-order valence-corrected chi connectivity index (χ1v) is 8.90. The van der Waals surface area contributed by atoms with E-state index in [2.05, 4.69) is 15.1 Å². The van der Waals surface area contributed by atoms with Crippen LogP contribution < -0.4 is 9.64 Å². The normalized spacial score (nSPS) is 16.4. The number of amides is 1. The van der Waals surface area contributed by atoms with Crippen molar-refractivity contribution in [3.63, 3.8) is 0 Å². The van der Waals surface area contributed by atoms with E-state index in [1.807, 2.05) is 26.0 Å². The summed E-state index contributed by atoms with van der Waals surface area (Å²) in [6.07, 6.45) is 3.47. The number of rotatable bonds is 3. The van der Waals surface area contributed by atoms with Gasteiger partial charge in [-0.15, -0.1) is 0 Å². The van der Waals surface area contributed by atoms with Crippen molar-refractivity contribution < 1.29 is 9.53 Å². The van der Waals surface area contributed by atoms with Crippen LogP contribution in [0, 0.1) is 6.92 Å². The molecular weight excluding hydrogens is 366 g/mol. The maximum Gasteiger partial charge on any atom is 0.278 e. The van der Waals surface area contributed by atoms with Gasteiger partial charge in [0.05, 0.1) is 19.3 Å². The van der Waals surface area contributed by atoms with Gasteiger partial charge >= 0.3 is 0 Å². The molecule has 1 atom stereocenters. The second-order valence-electron chi connectivity index (χ2n) is 6.46. The van der Waals surface area contributed by atoms with Crippen LogP contribution in [-0.2, 0) is 0 Å². The van der Waals surface area contributed by atoms with E-state index in [1.54, 1.807) is 34.1 Å². The molecule has 3 aromatic rings. The third-order valence-electron chi connectivity index (χ3n) is 4.58. The third kappa shape index (κ3) is 2.94. The number of hydrogen-bond acceptors (Lipinski definition) is 5. The molecule has 1 aliphatic rings. The highest BCUT2D eigenvalue weighted by Crippen LogP contribution is 2.33. The Morgan fingerprint density at radius 2 is 2.11 bits per heavy atom. The van der Waals surface area contributed by atoms with E-state index in [4.69, 9.17) is 16.3 Å². The SMILES string of the molecule is COc1nc(N2C[C@H](C)n3ncc(-c4ccnc(C)c4)c3C2=O)ccc1Cl. The van der Waals surface area contributed by atoms with Crippen molar-refractivity contribution in [2.24, 2.45) is 0 Å². The number of ether oxygens (including phenoxy) is 1. The number of methoxy groups -OCH3 is 1. The lowest BCUT2D eigenvalue weighted by molar-refractivity contribution is 0.0953. The molecule has 0 radical (unpaired) electrons. The van der Waals surface area contributed by atoms with Gasteiger partial charge in [0.1, 0.15) is 16.5 Å². The van der Waals surface area contributed by atoms with Crippen LogP contribution in [0.4, 0.5) is 5.82 Å². The van der Waals surface area contributed by atoms with Crippen molar-refractivity contribution in [2.75, 3.05) is 18.6 Å². The number of hydrogen-bond donors (Lipinski definition) is 0. The Morgan fingerprint density at radius 1 is 1.30 bits per heavy atom. The van der Waals surface area contributed by atoms with Crippen LogP contribution in [0.5, 0.6) is 5.88 Å². The molecule has 27 heavy (non-hydrogen) atoms. The molecule has 0 unspecified atom stereocenters. The van der Waals surface area contributed by atoms with E-state index in [9.17, 15) is 4.79 Å². The fourth-order valence-corrected chi connectivity index (χ4v) is 3.47. The molecule has 0 aliphatic carbocycles. The zero-order chi connectivity index (χ0) is 19.1. The van der Waals surface area contributed by atoms with Gasteiger partial charge in [0.2, 0.25) is 5.88 Å². The van der Waals surface area contributed by atoms with Crippen molar-refractivity contribution in [3.05, 3.63) is 53.1 Å². The van der Waals surface area contributed by atoms with Gasteiger partial charge in [-0.2, -0.15) is 10.1 Å². The lowest BCUT2D eigenvalue weighted by Gasteiger charge is -2.31. The van der Waals surface area contributed by atoms with Gasteiger partial charge in [-0.3, -0.25) is 19.4 Å². The van der Waals surface area contributed by atoms with E-state index in [1.165, 1.54) is 7.11 Å². The van der Waals surface area contributed by atoms with Gasteiger partial charge in [0.15, 0.2) is 0 Å². The highest BCUT2D eigenvalue weighted by Gasteiger charge is 2.34. The maximum atomic E-state index is 13.3. The summed E-state index contributed by atoms with van der Waals surface area (Å²) in [7, 11) is 1.50. The van der Waals surface area contributed by atoms with Crippen molar-refractivity contribution in [1.82, 2.24) is 19.7 Å². The average Bonchev–Trinajstić information content (AvgIpc) is 3.11. The first-order valence-electron chi connectivity index (χ1n) is 8.52. The van der Waals surface area contributed by atoms with Gasteiger partial charge in [-0.05, 0) is 43.7 Å². The molecule has 0 bridgehead atoms. The standard InChI is InChI=1S/C19H18ClN5O2/c1-11-8-13(6-7-21-11)14-9-22-25-12(2)10-24(19(26)17(14)25)16-5-4-15(20)18(23-16)27-3/h4-9,12H,10H2,1-3H3/t12-/m0/s1. The van der Waals surface area contributed by atoms with E-state index in [-0.39, 0.29) is 11.9 Å². The Morgan fingerprint density at radius 3 is 2.85 bits per heavy atom. The number of fused-ring (bicyclic) bond motifs is 1. The minimum absolute atomic E-state index is 0.00198. The highest BCUT2D eigenvalue weighted by atomic mass is 35.5. The Labute approximate surface area is 161 Å². The smallest absolute Gasteiger partial charge is 0.278 e. The van der Waals surface area contributed by atoms with Crippen LogP contribution >= 0.6 is 11.6 Å². The van der Waals surface area contributed by atoms with Gasteiger partial charge in [0, 0.05) is 24.0 Å². The Hall–Kier alpha value is -2.93. The molecule has 1 amide bonds. The fraction of sp³-hybridized carbons (Fsp3) is 0.263. The molecule has 0 spiro atoms. The average molecular weight is 384 g/mol. The van der Waals surface area contributed by atoms with Crippen LogP contribution in [0.25, 0.3) is 11.1 Å². The number of halogens is 1. The Kier molecular flexibility index (Phi) is 4.31. The number of anilines is 1. The molecular formula is C19H18ClN5O2. The number of carbonyl (C=O) groups excluding carboxylic acids is 1. The highest BCUT2D eigenvalue weighted by molar-refractivity contribution is 6.31. The second-order valence-corrected chi connectivity index (χ2v) is 6.87. The van der Waals surface area contributed by atoms with E-state index < -0.39 is 0 Å². The summed E-state index contributed by atoms with van der Waals surface area (Å²) in [6, 6.07) is 7.22. The second kappa shape index (κ2) is 6.66. The predicted molar refractivity (Wildman–Crippen MR) is 102 cm³/mol. The first kappa shape index (κ1) is 17.5. The molecule has 7 nitrogen and oxygen atoms in total. The largest absolute Gasteiger partial charge is 0.480 e. The fourth-order valence-electron chi connectivity index (χ4n) is 3.29. The zero-order valence-electron chi connectivity index (χ0n) is 15.2. The van der Waals surface area contributed by atoms with Gasteiger partial charge < -0.3 is 4.74 Å². The summed E-state index contributed by atoms with van der Waals surface area (Å²) in [5, 5.41) is 4.85. The lowest BCUT2D eigenvalue weighted by atomic mass is 10.0. The van der Waals surface area contributed by atoms with Crippen LogP contribution in [0.3, 0.4) is 0 Å². The minimum Gasteiger partial charge on any atom is -0.480 e. The first-order chi connectivity index (χ1) is 13.0. The molecule has 0 fully saturated rings. The number of aromatic nitrogens is 4. The van der Waals surface area contributed by atoms with Crippen molar-refractivity contribution >= 4 is 23.3 Å². The Balaban J connectivity index is 1.80. The number of pyridine rings is 2. The van der Waals surface area contributed by atoms with Gasteiger partial charge in [-0.25, -0.2) is 0 Å². The van der Waals surface area contributed by atoms with Crippen LogP contribution in [0.1, 0.15) is 29.1 Å².